The number of ether oxygens (including phenoxy) is 1. The van der Waals surface area contributed by atoms with Crippen molar-refractivity contribution >= 4 is 46.3 Å². The number of nitrogens with one attached hydrogen (secondary N) is 3. The van der Waals surface area contributed by atoms with E-state index in [1.165, 1.54) is 22.8 Å². The van der Waals surface area contributed by atoms with E-state index in [-0.39, 0.29) is 65.2 Å². The average molecular weight is 1070 g/mol. The number of anilines is 1. The highest BCUT2D eigenvalue weighted by molar-refractivity contribution is 6.00. The first-order chi connectivity index (χ1) is 37.1. The highest BCUT2D eigenvalue weighted by atomic mass is 16.5. The van der Waals surface area contributed by atoms with Gasteiger partial charge in [-0.15, -0.1) is 0 Å². The van der Waals surface area contributed by atoms with Crippen molar-refractivity contribution < 1.29 is 38.3 Å². The molecule has 4 amide bonds. The molecule has 5 heterocycles. The lowest BCUT2D eigenvalue weighted by molar-refractivity contribution is -0.717. The van der Waals surface area contributed by atoms with Crippen LogP contribution in [-0.4, -0.2) is 122 Å². The number of carbonyl (C=O) groups excluding carboxylic acids is 5. The highest BCUT2D eigenvalue weighted by Crippen LogP contribution is 2.54. The summed E-state index contributed by atoms with van der Waals surface area (Å²) >= 11 is 0. The maximum Gasteiger partial charge on any atom is 0.382 e. The van der Waals surface area contributed by atoms with E-state index in [0.29, 0.717) is 49.5 Å². The van der Waals surface area contributed by atoms with Gasteiger partial charge in [0.1, 0.15) is 17.6 Å². The molecule has 9 rings (SSSR count). The van der Waals surface area contributed by atoms with Crippen LogP contribution >= 0.6 is 0 Å². The minimum Gasteiger partial charge on any atom is -0.508 e. The van der Waals surface area contributed by atoms with Gasteiger partial charge in [0, 0.05) is 60.5 Å². The molecule has 5 aromatic rings. The third-order valence-electron chi connectivity index (χ3n) is 17.3. The number of cyclic esters (lactones) is 1. The molecule has 4 aliphatic rings. The number of hydrazine groups is 1. The molecule has 0 radical (unpaired) electrons. The van der Waals surface area contributed by atoms with Gasteiger partial charge in [-0.2, -0.15) is 0 Å². The first-order valence-electron chi connectivity index (χ1n) is 28.2. The maximum absolute atomic E-state index is 15.3. The van der Waals surface area contributed by atoms with Crippen molar-refractivity contribution in [2.24, 2.45) is 29.7 Å². The Morgan fingerprint density at radius 2 is 1.78 bits per heavy atom. The van der Waals surface area contributed by atoms with Crippen LogP contribution in [0.25, 0.3) is 33.3 Å². The van der Waals surface area contributed by atoms with Crippen LogP contribution in [0, 0.1) is 22.7 Å². The molecule has 6 atom stereocenters. The molecule has 16 heteroatoms. The number of carbonyl (C=O) groups is 5. The Morgan fingerprint density at radius 1 is 1.01 bits per heavy atom. The van der Waals surface area contributed by atoms with Gasteiger partial charge in [0.2, 0.25) is 23.2 Å². The maximum atomic E-state index is 15.3. The standard InChI is InChI=1S/C62H81N9O7/c1-12-19-40(5)20-14-17-24-53(73)65-52-35-63-55(68(52)10)56(74)71(11)37-62(71,39(3)4)58(76)64-51-34-61(51)32-41-28-44(30-45(72)29-41)42-25-26-50-47(31-42)48(54(69(50)13-2)46-22-16-15-21-43(46)36-67(8)9)33-60(6,7)38-78-57(75)49-23-18-27-70(66-49)59(61)77/h15-17,21-22,24-26,28-31,35,39-40,49,51,66H,12-14,18-20,23,27,32-34,36-38H2,1-11H3,(H2-,64,65,72,73,74,76)/p+1/b24-17+/t40?,49-,51?,61?,62-,71?/m0/s1. The number of aromatic nitrogens is 3. The Balaban J connectivity index is 1.03. The molecule has 1 aliphatic carbocycles. The normalized spacial score (nSPS) is 24.4. The quantitative estimate of drug-likeness (QED) is 0.0342. The molecule has 3 aromatic carbocycles. The Hall–Kier alpha value is -6.62. The number of aromatic hydroxyl groups is 1. The average Bonchev–Trinajstić information content (AvgIpc) is 3.63. The van der Waals surface area contributed by atoms with Gasteiger partial charge in [0.25, 0.3) is 5.91 Å². The molecule has 4 unspecified atom stereocenters. The predicted octanol–water partition coefficient (Wildman–Crippen LogP) is 8.94. The number of fused-ring (bicyclic) bond motifs is 6. The fourth-order valence-electron chi connectivity index (χ4n) is 12.8. The molecule has 4 N–H and O–H groups in total. The van der Waals surface area contributed by atoms with E-state index in [1.54, 1.807) is 30.8 Å². The summed E-state index contributed by atoms with van der Waals surface area (Å²) in [5.41, 5.74) is 8.51. The van der Waals surface area contributed by atoms with Gasteiger partial charge < -0.3 is 34.5 Å². The first-order valence-corrected chi connectivity index (χ1v) is 28.2. The van der Waals surface area contributed by atoms with E-state index in [1.807, 2.05) is 26.0 Å². The molecule has 3 fully saturated rings. The summed E-state index contributed by atoms with van der Waals surface area (Å²) in [6.45, 7) is 16.8. The topological polar surface area (TPSA) is 180 Å². The van der Waals surface area contributed by atoms with E-state index in [4.69, 9.17) is 4.74 Å². The number of esters is 1. The Bertz CT molecular complexity index is 3170. The van der Waals surface area contributed by atoms with Crippen LogP contribution in [0.3, 0.4) is 0 Å². The van der Waals surface area contributed by atoms with Crippen LogP contribution in [0.4, 0.5) is 5.82 Å². The van der Waals surface area contributed by atoms with Gasteiger partial charge in [0.05, 0.1) is 31.0 Å². The number of allylic oxidation sites excluding steroid dienone is 1. The Labute approximate surface area is 460 Å². The van der Waals surface area contributed by atoms with Crippen molar-refractivity contribution in [2.75, 3.05) is 46.2 Å². The molecule has 78 heavy (non-hydrogen) atoms. The highest BCUT2D eigenvalue weighted by Gasteiger charge is 2.79. The number of phenolic OH excluding ortho intramolecular Hbond substituents is 1. The zero-order valence-electron chi connectivity index (χ0n) is 47.8. The molecule has 1 saturated carbocycles. The minimum absolute atomic E-state index is 0.0507. The lowest BCUT2D eigenvalue weighted by Crippen LogP contribution is -2.58. The second-order valence-electron chi connectivity index (χ2n) is 24.5. The summed E-state index contributed by atoms with van der Waals surface area (Å²) in [7, 11) is 7.57. The lowest BCUT2D eigenvalue weighted by atomic mass is 9.83. The molecule has 2 aromatic heterocycles. The number of amides is 4. The summed E-state index contributed by atoms with van der Waals surface area (Å²) in [4.78, 5) is 78.6. The second-order valence-corrected chi connectivity index (χ2v) is 24.5. The fraction of sp³-hybridized carbons (Fsp3) is 0.516. The third kappa shape index (κ3) is 10.7. The number of nitrogens with zero attached hydrogens (tertiary/aromatic N) is 6. The summed E-state index contributed by atoms with van der Waals surface area (Å²) < 4.78 is 9.91. The smallest absolute Gasteiger partial charge is 0.382 e. The molecule has 416 valence electrons. The van der Waals surface area contributed by atoms with E-state index < -0.39 is 34.4 Å². The largest absolute Gasteiger partial charge is 0.508 e. The number of hydrogen-bond acceptors (Lipinski definition) is 10. The summed E-state index contributed by atoms with van der Waals surface area (Å²) in [5.74, 6) is -0.921. The molecular formula is C62H82N9O7+. The van der Waals surface area contributed by atoms with Crippen molar-refractivity contribution in [3.63, 3.8) is 0 Å². The fourth-order valence-corrected chi connectivity index (χ4v) is 12.8. The molecule has 6 bridgehead atoms. The molecule has 16 nitrogen and oxygen atoms in total. The predicted molar refractivity (Wildman–Crippen MR) is 304 cm³/mol. The lowest BCUT2D eigenvalue weighted by Gasteiger charge is -2.36. The van der Waals surface area contributed by atoms with Gasteiger partial charge >= 0.3 is 11.9 Å². The van der Waals surface area contributed by atoms with Crippen molar-refractivity contribution in [2.45, 2.75) is 137 Å². The summed E-state index contributed by atoms with van der Waals surface area (Å²) in [6.07, 6.45) is 11.0. The molecule has 2 saturated heterocycles. The Kier molecular flexibility index (Phi) is 15.8. The van der Waals surface area contributed by atoms with E-state index in [2.05, 4.69) is 122 Å². The van der Waals surface area contributed by atoms with Gasteiger partial charge in [-0.25, -0.2) is 19.7 Å². The minimum atomic E-state index is -1.18. The van der Waals surface area contributed by atoms with Crippen molar-refractivity contribution in [3.05, 3.63) is 102 Å². The SMILES string of the molecule is CCCC(C)CC/C=C/C(=O)Nc1cnc(C(=O)[N+]2(C)C[C@@]2(C(=O)NC2CC23Cc2cc(O)cc(c2)-c2ccc4c(c2)c(c(-c2ccccc2CN(C)C)n4CC)CC(C)(C)COC(=O)[C@@H]2CCCN(N2)C3=O)C(C)C)n1C. The van der Waals surface area contributed by atoms with Gasteiger partial charge in [-0.1, -0.05) is 96.9 Å². The van der Waals surface area contributed by atoms with Gasteiger partial charge in [-0.3, -0.25) is 24.2 Å². The van der Waals surface area contributed by atoms with Gasteiger partial charge in [-0.05, 0) is 130 Å². The van der Waals surface area contributed by atoms with E-state index in [0.717, 1.165) is 77.6 Å². The molecule has 1 spiro atoms. The number of imidazole rings is 1. The number of phenols is 1. The van der Waals surface area contributed by atoms with Crippen molar-refractivity contribution in [3.8, 4) is 28.1 Å². The Morgan fingerprint density at radius 3 is 2.51 bits per heavy atom. The molecule has 3 aliphatic heterocycles. The zero-order valence-corrected chi connectivity index (χ0v) is 47.8. The van der Waals surface area contributed by atoms with Crippen LogP contribution in [0.15, 0.2) is 79.0 Å². The van der Waals surface area contributed by atoms with Crippen LogP contribution in [0.5, 0.6) is 5.75 Å². The van der Waals surface area contributed by atoms with Gasteiger partial charge in [0.15, 0.2) is 6.54 Å². The summed E-state index contributed by atoms with van der Waals surface area (Å²) in [5, 5.41) is 20.3. The van der Waals surface area contributed by atoms with E-state index in [9.17, 15) is 19.5 Å². The second kappa shape index (κ2) is 21.9. The zero-order chi connectivity index (χ0) is 56.1. The number of benzene rings is 3. The van der Waals surface area contributed by atoms with E-state index >= 15 is 9.59 Å². The number of likely N-dealkylation sites (N-methyl/N-ethyl adjacent to an activating group) is 1. The van der Waals surface area contributed by atoms with Crippen LogP contribution in [0.2, 0.25) is 0 Å². The summed E-state index contributed by atoms with van der Waals surface area (Å²) in [6, 6.07) is 19.1. The van der Waals surface area contributed by atoms with Crippen LogP contribution < -0.4 is 16.1 Å². The molecular weight excluding hydrogens is 983 g/mol. The van der Waals surface area contributed by atoms with Crippen LogP contribution in [0.1, 0.15) is 121 Å². The number of quaternary nitrogens is 1. The van der Waals surface area contributed by atoms with Crippen molar-refractivity contribution in [1.29, 1.82) is 0 Å². The third-order valence-corrected chi connectivity index (χ3v) is 17.3. The number of hydrogen-bond donors (Lipinski definition) is 4. The van der Waals surface area contributed by atoms with Crippen molar-refractivity contribution in [1.82, 2.24) is 34.8 Å². The number of aryl methyl sites for hydroxylation is 1. The monoisotopic (exact) mass is 1060 g/mol. The number of rotatable bonds is 15. The first kappa shape index (κ1) is 56.1. The van der Waals surface area contributed by atoms with Crippen LogP contribution in [-0.2, 0) is 56.9 Å².